The number of hydrogen-bond donors (Lipinski definition) is 0. The first-order valence-electron chi connectivity index (χ1n) is 7.74. The number of carbonyl (C=O) groups excluding carboxylic acids is 1. The van der Waals surface area contributed by atoms with Gasteiger partial charge in [-0.1, -0.05) is 11.6 Å². The highest BCUT2D eigenvalue weighted by Gasteiger charge is 2.20. The molecule has 0 spiro atoms. The van der Waals surface area contributed by atoms with E-state index >= 15 is 0 Å². The van der Waals surface area contributed by atoms with Crippen LogP contribution < -0.4 is 11.2 Å². The normalized spacial score (nSPS) is 11.5. The number of hydrogen-bond acceptors (Lipinski definition) is 4. The smallest absolute Gasteiger partial charge is 0.332 e. The molecular weight excluding hydrogens is 389 g/mol. The van der Waals surface area contributed by atoms with Gasteiger partial charge in [0.25, 0.3) is 5.56 Å². The number of nitrogens with zero attached hydrogens (tertiary/aromatic N) is 2. The zero-order valence-corrected chi connectivity index (χ0v) is 15.4. The lowest BCUT2D eigenvalue weighted by Gasteiger charge is -2.20. The van der Waals surface area contributed by atoms with Crippen LogP contribution in [0.15, 0.2) is 27.8 Å². The molecular formula is C17H16ClF3N2O4. The Balaban J connectivity index is 2.45. The van der Waals surface area contributed by atoms with Crippen LogP contribution in [-0.4, -0.2) is 20.7 Å². The second-order valence-corrected chi connectivity index (χ2v) is 7.09. The van der Waals surface area contributed by atoms with E-state index in [2.05, 4.69) is 0 Å². The molecule has 0 radical (unpaired) electrons. The molecule has 27 heavy (non-hydrogen) atoms. The van der Waals surface area contributed by atoms with E-state index in [-0.39, 0.29) is 10.7 Å². The number of benzene rings is 1. The van der Waals surface area contributed by atoms with Crippen molar-refractivity contribution >= 4 is 17.6 Å². The zero-order valence-electron chi connectivity index (χ0n) is 14.7. The molecule has 0 saturated carbocycles. The third-order valence-corrected chi connectivity index (χ3v) is 3.67. The molecule has 0 saturated heterocycles. The van der Waals surface area contributed by atoms with Crippen LogP contribution in [0.2, 0.25) is 5.15 Å². The highest BCUT2D eigenvalue weighted by molar-refractivity contribution is 6.29. The second-order valence-electron chi connectivity index (χ2n) is 6.70. The Bertz CT molecular complexity index is 1010. The van der Waals surface area contributed by atoms with E-state index in [1.807, 2.05) is 0 Å². The summed E-state index contributed by atoms with van der Waals surface area (Å²) in [5, 5.41) is -0.352. The Morgan fingerprint density at radius 1 is 1.04 bits per heavy atom. The third-order valence-electron chi connectivity index (χ3n) is 3.35. The topological polar surface area (TPSA) is 70.3 Å². The number of esters is 1. The molecule has 0 aliphatic rings. The van der Waals surface area contributed by atoms with Crippen LogP contribution in [0.4, 0.5) is 13.2 Å². The number of rotatable bonds is 4. The average molecular weight is 405 g/mol. The summed E-state index contributed by atoms with van der Waals surface area (Å²) in [5.41, 5.74) is -3.08. The van der Waals surface area contributed by atoms with Crippen LogP contribution in [0.25, 0.3) is 0 Å². The largest absolute Gasteiger partial charge is 0.459 e. The summed E-state index contributed by atoms with van der Waals surface area (Å²) in [4.78, 5) is 36.4. The minimum Gasteiger partial charge on any atom is -0.459 e. The minimum atomic E-state index is -1.38. The molecule has 146 valence electrons. The van der Waals surface area contributed by atoms with Gasteiger partial charge in [-0.05, 0) is 26.8 Å². The van der Waals surface area contributed by atoms with E-state index in [0.717, 1.165) is 10.6 Å². The van der Waals surface area contributed by atoms with Gasteiger partial charge in [0.1, 0.15) is 23.1 Å². The van der Waals surface area contributed by atoms with E-state index in [9.17, 15) is 27.6 Å². The monoisotopic (exact) mass is 404 g/mol. The molecule has 1 aromatic carbocycles. The Hall–Kier alpha value is -2.55. The number of halogens is 4. The van der Waals surface area contributed by atoms with Crippen molar-refractivity contribution in [2.45, 2.75) is 39.5 Å². The lowest BCUT2D eigenvalue weighted by molar-refractivity contribution is -0.155. The zero-order chi connectivity index (χ0) is 20.5. The standard InChI is InChI=1S/C17H16ClF3N2O4/c1-17(2,3)27-15(25)8-23-14(24)6-13(18)22(16(23)26)7-9-4-11(20)12(21)5-10(9)19/h4-6H,7-8H2,1-3H3. The van der Waals surface area contributed by atoms with Gasteiger partial charge in [-0.15, -0.1) is 0 Å². The van der Waals surface area contributed by atoms with Crippen molar-refractivity contribution in [3.05, 3.63) is 67.2 Å². The van der Waals surface area contributed by atoms with Crippen LogP contribution in [0, 0.1) is 17.5 Å². The van der Waals surface area contributed by atoms with Gasteiger partial charge >= 0.3 is 11.7 Å². The first-order chi connectivity index (χ1) is 12.4. The molecule has 0 unspecified atom stereocenters. The van der Waals surface area contributed by atoms with E-state index in [1.54, 1.807) is 20.8 Å². The highest BCUT2D eigenvalue weighted by atomic mass is 35.5. The summed E-state index contributed by atoms with van der Waals surface area (Å²) in [6, 6.07) is 1.77. The highest BCUT2D eigenvalue weighted by Crippen LogP contribution is 2.16. The van der Waals surface area contributed by atoms with Crippen molar-refractivity contribution in [2.24, 2.45) is 0 Å². The van der Waals surface area contributed by atoms with Crippen molar-refractivity contribution in [1.29, 1.82) is 0 Å². The fourth-order valence-electron chi connectivity index (χ4n) is 2.24. The molecule has 1 aromatic heterocycles. The molecule has 10 heteroatoms. The van der Waals surface area contributed by atoms with Gasteiger partial charge in [0.05, 0.1) is 6.54 Å². The van der Waals surface area contributed by atoms with Gasteiger partial charge in [-0.2, -0.15) is 0 Å². The lowest BCUT2D eigenvalue weighted by atomic mass is 10.2. The van der Waals surface area contributed by atoms with Crippen LogP contribution in [0.1, 0.15) is 26.3 Å². The molecule has 0 aliphatic carbocycles. The third kappa shape index (κ3) is 5.00. The number of aromatic nitrogens is 2. The molecule has 0 N–H and O–H groups in total. The van der Waals surface area contributed by atoms with Crippen LogP contribution in [0.3, 0.4) is 0 Å². The predicted octanol–water partition coefficient (Wildman–Crippen LogP) is 2.47. The Morgan fingerprint density at radius 3 is 2.22 bits per heavy atom. The first-order valence-corrected chi connectivity index (χ1v) is 8.12. The van der Waals surface area contributed by atoms with Crippen LogP contribution in [0.5, 0.6) is 0 Å². The van der Waals surface area contributed by atoms with Gasteiger partial charge in [-0.25, -0.2) is 22.5 Å². The van der Waals surface area contributed by atoms with Gasteiger partial charge in [-0.3, -0.25) is 14.2 Å². The molecule has 0 fully saturated rings. The van der Waals surface area contributed by atoms with Gasteiger partial charge in [0, 0.05) is 17.7 Å². The maximum atomic E-state index is 13.8. The molecule has 0 bridgehead atoms. The predicted molar refractivity (Wildman–Crippen MR) is 91.2 cm³/mol. The molecule has 2 aromatic rings. The summed E-state index contributed by atoms with van der Waals surface area (Å²) in [6.07, 6.45) is 0. The summed E-state index contributed by atoms with van der Waals surface area (Å²) in [5.74, 6) is -4.63. The number of ether oxygens (including phenoxy) is 1. The van der Waals surface area contributed by atoms with Crippen molar-refractivity contribution in [2.75, 3.05) is 0 Å². The van der Waals surface area contributed by atoms with Crippen molar-refractivity contribution in [3.63, 3.8) is 0 Å². The average Bonchev–Trinajstić information content (AvgIpc) is 2.51. The SMILES string of the molecule is CC(C)(C)OC(=O)Cn1c(=O)cc(Cl)n(Cc2cc(F)c(F)cc2F)c1=O. The fourth-order valence-corrected chi connectivity index (χ4v) is 2.46. The maximum Gasteiger partial charge on any atom is 0.332 e. The first kappa shape index (κ1) is 20.8. The lowest BCUT2D eigenvalue weighted by Crippen LogP contribution is -2.42. The van der Waals surface area contributed by atoms with Gasteiger partial charge in [0.2, 0.25) is 0 Å². The van der Waals surface area contributed by atoms with Crippen LogP contribution >= 0.6 is 11.6 Å². The van der Waals surface area contributed by atoms with Crippen LogP contribution in [-0.2, 0) is 22.6 Å². The summed E-state index contributed by atoms with van der Waals surface area (Å²) in [6.45, 7) is 3.57. The molecule has 1 heterocycles. The van der Waals surface area contributed by atoms with E-state index < -0.39 is 53.4 Å². The fraction of sp³-hybridized carbons (Fsp3) is 0.353. The molecule has 0 atom stereocenters. The molecule has 0 amide bonds. The van der Waals surface area contributed by atoms with E-state index in [1.165, 1.54) is 0 Å². The quantitative estimate of drug-likeness (QED) is 0.446. The number of carbonyl (C=O) groups is 1. The Labute approximate surface area is 156 Å². The summed E-state index contributed by atoms with van der Waals surface area (Å²) >= 11 is 5.87. The van der Waals surface area contributed by atoms with Crippen molar-refractivity contribution < 1.29 is 22.7 Å². The van der Waals surface area contributed by atoms with E-state index in [4.69, 9.17) is 16.3 Å². The summed E-state index contributed by atoms with van der Waals surface area (Å²) < 4.78 is 46.6. The Kier molecular flexibility index (Phi) is 5.84. The summed E-state index contributed by atoms with van der Waals surface area (Å²) in [7, 11) is 0. The Morgan fingerprint density at radius 2 is 1.63 bits per heavy atom. The minimum absolute atomic E-state index is 0.334. The van der Waals surface area contributed by atoms with Crippen molar-refractivity contribution in [3.8, 4) is 0 Å². The second kappa shape index (κ2) is 7.59. The van der Waals surface area contributed by atoms with Gasteiger partial charge in [0.15, 0.2) is 11.6 Å². The van der Waals surface area contributed by atoms with Crippen molar-refractivity contribution in [1.82, 2.24) is 9.13 Å². The van der Waals surface area contributed by atoms with E-state index in [0.29, 0.717) is 16.7 Å². The van der Waals surface area contributed by atoms with Gasteiger partial charge < -0.3 is 4.74 Å². The maximum absolute atomic E-state index is 13.8. The molecule has 6 nitrogen and oxygen atoms in total. The molecule has 2 rings (SSSR count). The molecule has 0 aliphatic heterocycles.